The SMILES string of the molecule is Cc1cc(NS(=O)(=O)c2ccc(NC(=S)NCCc3ccccc3)cc2)no1. The second-order valence-corrected chi connectivity index (χ2v) is 8.16. The highest BCUT2D eigenvalue weighted by Gasteiger charge is 2.16. The first-order valence-electron chi connectivity index (χ1n) is 8.57. The lowest BCUT2D eigenvalue weighted by Gasteiger charge is -2.11. The van der Waals surface area contributed by atoms with Crippen LogP contribution in [0.15, 0.2) is 70.1 Å². The van der Waals surface area contributed by atoms with Gasteiger partial charge in [-0.2, -0.15) is 0 Å². The van der Waals surface area contributed by atoms with Crippen LogP contribution in [0.5, 0.6) is 0 Å². The molecule has 2 aromatic carbocycles. The maximum absolute atomic E-state index is 12.4. The predicted octanol–water partition coefficient (Wildman–Crippen LogP) is 3.31. The summed E-state index contributed by atoms with van der Waals surface area (Å²) in [7, 11) is -3.74. The topological polar surface area (TPSA) is 96.3 Å². The van der Waals surface area contributed by atoms with Crippen LogP contribution >= 0.6 is 12.2 Å². The summed E-state index contributed by atoms with van der Waals surface area (Å²) in [6.07, 6.45) is 0.854. The Morgan fingerprint density at radius 1 is 1.11 bits per heavy atom. The number of aromatic nitrogens is 1. The van der Waals surface area contributed by atoms with Gasteiger partial charge in [-0.25, -0.2) is 8.42 Å². The maximum atomic E-state index is 12.4. The van der Waals surface area contributed by atoms with Crippen molar-refractivity contribution in [2.45, 2.75) is 18.2 Å². The molecule has 3 aromatic rings. The number of hydrogen-bond donors (Lipinski definition) is 3. The normalized spacial score (nSPS) is 11.0. The van der Waals surface area contributed by atoms with Gasteiger partial charge in [-0.05, 0) is 55.4 Å². The first-order valence-corrected chi connectivity index (χ1v) is 10.5. The average Bonchev–Trinajstić information content (AvgIpc) is 3.07. The Balaban J connectivity index is 1.52. The van der Waals surface area contributed by atoms with E-state index < -0.39 is 10.0 Å². The van der Waals surface area contributed by atoms with Crippen molar-refractivity contribution in [2.24, 2.45) is 0 Å². The van der Waals surface area contributed by atoms with Gasteiger partial charge in [0, 0.05) is 18.3 Å². The quantitative estimate of drug-likeness (QED) is 0.509. The van der Waals surface area contributed by atoms with Crippen LogP contribution in [0, 0.1) is 6.92 Å². The lowest BCUT2D eigenvalue weighted by atomic mass is 10.1. The minimum Gasteiger partial charge on any atom is -0.362 e. The van der Waals surface area contributed by atoms with Gasteiger partial charge in [0.2, 0.25) is 0 Å². The molecular formula is C19H20N4O3S2. The molecule has 0 unspecified atom stereocenters. The summed E-state index contributed by atoms with van der Waals surface area (Å²) in [6.45, 7) is 2.38. The van der Waals surface area contributed by atoms with Crippen LogP contribution in [0.25, 0.3) is 0 Å². The second-order valence-electron chi connectivity index (χ2n) is 6.07. The largest absolute Gasteiger partial charge is 0.362 e. The van der Waals surface area contributed by atoms with Gasteiger partial charge in [-0.1, -0.05) is 35.5 Å². The van der Waals surface area contributed by atoms with E-state index in [9.17, 15) is 8.42 Å². The van der Waals surface area contributed by atoms with E-state index in [-0.39, 0.29) is 10.7 Å². The lowest BCUT2D eigenvalue weighted by Crippen LogP contribution is -2.30. The molecule has 0 fully saturated rings. The second kappa shape index (κ2) is 8.85. The van der Waals surface area contributed by atoms with Crippen molar-refractivity contribution >= 4 is 38.9 Å². The third-order valence-electron chi connectivity index (χ3n) is 3.83. The molecule has 0 amide bonds. The fourth-order valence-corrected chi connectivity index (χ4v) is 3.67. The van der Waals surface area contributed by atoms with E-state index in [4.69, 9.17) is 16.7 Å². The van der Waals surface area contributed by atoms with Crippen LogP contribution in [0.2, 0.25) is 0 Å². The van der Waals surface area contributed by atoms with Gasteiger partial charge in [0.05, 0.1) is 4.90 Å². The predicted molar refractivity (Wildman–Crippen MR) is 113 cm³/mol. The Hall–Kier alpha value is -2.91. The fourth-order valence-electron chi connectivity index (χ4n) is 2.47. The van der Waals surface area contributed by atoms with Gasteiger partial charge in [0.1, 0.15) is 5.76 Å². The summed E-state index contributed by atoms with van der Waals surface area (Å²) < 4.78 is 32.0. The summed E-state index contributed by atoms with van der Waals surface area (Å²) in [6, 6.07) is 17.9. The highest BCUT2D eigenvalue weighted by molar-refractivity contribution is 7.92. The number of rotatable bonds is 7. The number of nitrogens with zero attached hydrogens (tertiary/aromatic N) is 1. The van der Waals surface area contributed by atoms with Crippen molar-refractivity contribution in [3.8, 4) is 0 Å². The minimum absolute atomic E-state index is 0.113. The van der Waals surface area contributed by atoms with Crippen molar-refractivity contribution < 1.29 is 12.9 Å². The Labute approximate surface area is 169 Å². The zero-order valence-corrected chi connectivity index (χ0v) is 16.8. The van der Waals surface area contributed by atoms with Gasteiger partial charge in [-0.3, -0.25) is 4.72 Å². The minimum atomic E-state index is -3.74. The van der Waals surface area contributed by atoms with E-state index >= 15 is 0 Å². The summed E-state index contributed by atoms with van der Waals surface area (Å²) in [5.41, 5.74) is 1.91. The highest BCUT2D eigenvalue weighted by atomic mass is 32.2. The Kier molecular flexibility index (Phi) is 6.27. The van der Waals surface area contributed by atoms with Crippen LogP contribution in [-0.2, 0) is 16.4 Å². The van der Waals surface area contributed by atoms with E-state index in [1.807, 2.05) is 18.2 Å². The smallest absolute Gasteiger partial charge is 0.263 e. The molecule has 7 nitrogen and oxygen atoms in total. The first kappa shape index (κ1) is 19.8. The van der Waals surface area contributed by atoms with Gasteiger partial charge in [0.25, 0.3) is 10.0 Å². The van der Waals surface area contributed by atoms with Gasteiger partial charge >= 0.3 is 0 Å². The molecule has 0 saturated carbocycles. The number of nitrogens with one attached hydrogen (secondary N) is 3. The molecule has 146 valence electrons. The molecule has 0 aliphatic heterocycles. The number of sulfonamides is 1. The molecule has 0 radical (unpaired) electrons. The summed E-state index contributed by atoms with van der Waals surface area (Å²) >= 11 is 5.28. The lowest BCUT2D eigenvalue weighted by molar-refractivity contribution is 0.400. The molecule has 0 aliphatic carbocycles. The summed E-state index contributed by atoms with van der Waals surface area (Å²) in [5, 5.41) is 10.3. The molecular weight excluding hydrogens is 396 g/mol. The molecule has 1 heterocycles. The molecule has 0 saturated heterocycles. The molecule has 28 heavy (non-hydrogen) atoms. The molecule has 0 aliphatic rings. The number of hydrogen-bond acceptors (Lipinski definition) is 5. The fraction of sp³-hybridized carbons (Fsp3) is 0.158. The average molecular weight is 417 g/mol. The number of thiocarbonyl (C=S) groups is 1. The zero-order chi connectivity index (χ0) is 20.0. The van der Waals surface area contributed by atoms with E-state index in [0.29, 0.717) is 23.1 Å². The van der Waals surface area contributed by atoms with Gasteiger partial charge in [0.15, 0.2) is 10.9 Å². The number of benzene rings is 2. The van der Waals surface area contributed by atoms with Crippen molar-refractivity contribution in [1.82, 2.24) is 10.5 Å². The Morgan fingerprint density at radius 2 is 1.82 bits per heavy atom. The van der Waals surface area contributed by atoms with E-state index in [0.717, 1.165) is 6.42 Å². The molecule has 3 rings (SSSR count). The van der Waals surface area contributed by atoms with Crippen LogP contribution in [0.3, 0.4) is 0 Å². The van der Waals surface area contributed by atoms with Crippen molar-refractivity contribution in [3.63, 3.8) is 0 Å². The van der Waals surface area contributed by atoms with Crippen LogP contribution < -0.4 is 15.4 Å². The molecule has 9 heteroatoms. The van der Waals surface area contributed by atoms with Crippen LogP contribution in [-0.4, -0.2) is 25.2 Å². The van der Waals surface area contributed by atoms with Gasteiger partial charge < -0.3 is 15.2 Å². The Morgan fingerprint density at radius 3 is 2.46 bits per heavy atom. The number of anilines is 2. The molecule has 3 N–H and O–H groups in total. The Bertz CT molecular complexity index is 1030. The summed E-state index contributed by atoms with van der Waals surface area (Å²) in [5.74, 6) is 0.661. The van der Waals surface area contributed by atoms with E-state index in [2.05, 4.69) is 32.6 Å². The monoisotopic (exact) mass is 416 g/mol. The van der Waals surface area contributed by atoms with E-state index in [1.54, 1.807) is 19.1 Å². The van der Waals surface area contributed by atoms with Crippen molar-refractivity contribution in [2.75, 3.05) is 16.6 Å². The third-order valence-corrected chi connectivity index (χ3v) is 5.45. The van der Waals surface area contributed by atoms with Crippen LogP contribution in [0.1, 0.15) is 11.3 Å². The highest BCUT2D eigenvalue weighted by Crippen LogP contribution is 2.18. The van der Waals surface area contributed by atoms with E-state index in [1.165, 1.54) is 23.8 Å². The standard InChI is InChI=1S/C19H20N4O3S2/c1-14-13-18(22-26-14)23-28(24,25)17-9-7-16(8-10-17)21-19(27)20-12-11-15-5-3-2-4-6-15/h2-10,13H,11-12H2,1H3,(H,22,23)(H2,20,21,27). The molecule has 1 aromatic heterocycles. The molecule has 0 atom stereocenters. The van der Waals surface area contributed by atoms with Gasteiger partial charge in [-0.15, -0.1) is 0 Å². The maximum Gasteiger partial charge on any atom is 0.263 e. The number of aryl methyl sites for hydroxylation is 1. The molecule has 0 spiro atoms. The molecule has 0 bridgehead atoms. The zero-order valence-electron chi connectivity index (χ0n) is 15.2. The summed E-state index contributed by atoms with van der Waals surface area (Å²) in [4.78, 5) is 0.113. The first-order chi connectivity index (χ1) is 13.4. The van der Waals surface area contributed by atoms with Crippen molar-refractivity contribution in [1.29, 1.82) is 0 Å². The van der Waals surface area contributed by atoms with Crippen molar-refractivity contribution in [3.05, 3.63) is 72.0 Å². The van der Waals surface area contributed by atoms with Crippen LogP contribution in [0.4, 0.5) is 11.5 Å². The third kappa shape index (κ3) is 5.54.